The predicted octanol–water partition coefficient (Wildman–Crippen LogP) is 6.58. The minimum Gasteiger partial charge on any atom is -0.493 e. The molecular formula is C38H44ClN3O6S. The average Bonchev–Trinajstić information content (AvgIpc) is 3.07. The molecule has 260 valence electrons. The fraction of sp³-hybridized carbons (Fsp3) is 0.316. The van der Waals surface area contributed by atoms with Crippen LogP contribution in [0.2, 0.25) is 5.02 Å². The van der Waals surface area contributed by atoms with Gasteiger partial charge < -0.3 is 19.7 Å². The number of methoxy groups -OCH3 is 2. The fourth-order valence-electron chi connectivity index (χ4n) is 5.54. The average molecular weight is 706 g/mol. The van der Waals surface area contributed by atoms with Gasteiger partial charge in [0.1, 0.15) is 12.6 Å². The Balaban J connectivity index is 1.85. The van der Waals surface area contributed by atoms with Gasteiger partial charge in [-0.3, -0.25) is 13.9 Å². The molecule has 0 aliphatic rings. The van der Waals surface area contributed by atoms with Crippen LogP contribution in [0.3, 0.4) is 0 Å². The highest BCUT2D eigenvalue weighted by atomic mass is 35.5. The second-order valence-corrected chi connectivity index (χ2v) is 14.7. The van der Waals surface area contributed by atoms with E-state index in [9.17, 15) is 18.0 Å². The molecule has 0 saturated heterocycles. The second-order valence-electron chi connectivity index (χ2n) is 12.4. The highest BCUT2D eigenvalue weighted by Gasteiger charge is 2.35. The van der Waals surface area contributed by atoms with Crippen molar-refractivity contribution < 1.29 is 27.5 Å². The number of halogens is 1. The summed E-state index contributed by atoms with van der Waals surface area (Å²) in [6.07, 6.45) is 0.211. The number of amides is 2. The Morgan fingerprint density at radius 3 is 2.08 bits per heavy atom. The molecule has 0 bridgehead atoms. The molecule has 9 nitrogen and oxygen atoms in total. The largest absolute Gasteiger partial charge is 0.493 e. The maximum Gasteiger partial charge on any atom is 0.264 e. The Kier molecular flexibility index (Phi) is 12.7. The number of rotatable bonds is 15. The van der Waals surface area contributed by atoms with Gasteiger partial charge >= 0.3 is 0 Å². The Hall–Kier alpha value is -4.54. The first-order chi connectivity index (χ1) is 23.3. The molecule has 0 aromatic heterocycles. The summed E-state index contributed by atoms with van der Waals surface area (Å²) < 4.78 is 40.9. The highest BCUT2D eigenvalue weighted by Crippen LogP contribution is 2.33. The molecule has 0 radical (unpaired) electrons. The summed E-state index contributed by atoms with van der Waals surface area (Å²) in [5.74, 6) is -0.149. The van der Waals surface area contributed by atoms with Crippen LogP contribution in [0.25, 0.3) is 0 Å². The molecule has 0 unspecified atom stereocenters. The SMILES string of the molecule is COc1ccc(S(=O)(=O)N(CC(=O)N(Cc2cccc(Cl)c2)[C@@H](Cc2ccccc2)C(=O)NCC(C)C)c2cc(C)cc(C)c2)cc1OC. The van der Waals surface area contributed by atoms with Crippen LogP contribution < -0.4 is 19.1 Å². The van der Waals surface area contributed by atoms with Crippen LogP contribution in [-0.2, 0) is 32.6 Å². The lowest BCUT2D eigenvalue weighted by Gasteiger charge is -2.34. The van der Waals surface area contributed by atoms with Gasteiger partial charge in [0.15, 0.2) is 11.5 Å². The molecule has 0 fully saturated rings. The molecular weight excluding hydrogens is 662 g/mol. The standard InChI is InChI=1S/C38H44ClN3O6S/c1-26(2)23-40-38(44)34(21-29-11-8-7-9-12-29)41(24-30-13-10-14-31(39)20-30)37(43)25-42(32-18-27(3)17-28(4)19-32)49(45,46)33-15-16-35(47-5)36(22-33)48-6/h7-20,22,26,34H,21,23-25H2,1-6H3,(H,40,44)/t34-/m0/s1. The number of benzene rings is 4. The summed E-state index contributed by atoms with van der Waals surface area (Å²) in [7, 11) is -1.47. The molecule has 4 rings (SSSR count). The van der Waals surface area contributed by atoms with Gasteiger partial charge in [-0.25, -0.2) is 8.42 Å². The molecule has 1 atom stereocenters. The van der Waals surface area contributed by atoms with Crippen molar-refractivity contribution in [2.75, 3.05) is 31.6 Å². The first-order valence-corrected chi connectivity index (χ1v) is 17.8. The molecule has 0 spiro atoms. The number of carbonyl (C=O) groups excluding carboxylic acids is 2. The third-order valence-electron chi connectivity index (χ3n) is 7.91. The second kappa shape index (κ2) is 16.7. The maximum absolute atomic E-state index is 14.7. The maximum atomic E-state index is 14.7. The molecule has 11 heteroatoms. The van der Waals surface area contributed by atoms with Crippen LogP contribution in [0.4, 0.5) is 5.69 Å². The van der Waals surface area contributed by atoms with E-state index >= 15 is 0 Å². The summed E-state index contributed by atoms with van der Waals surface area (Å²) in [5, 5.41) is 3.47. The van der Waals surface area contributed by atoms with E-state index < -0.39 is 28.5 Å². The Morgan fingerprint density at radius 2 is 1.47 bits per heavy atom. The van der Waals surface area contributed by atoms with E-state index in [0.717, 1.165) is 21.0 Å². The number of anilines is 1. The first-order valence-electron chi connectivity index (χ1n) is 16.0. The van der Waals surface area contributed by atoms with Gasteiger partial charge in [-0.15, -0.1) is 0 Å². The Labute approximate surface area is 294 Å². The van der Waals surface area contributed by atoms with E-state index in [1.807, 2.05) is 70.2 Å². The van der Waals surface area contributed by atoms with Crippen molar-refractivity contribution in [3.63, 3.8) is 0 Å². The van der Waals surface area contributed by atoms with Gasteiger partial charge in [0.25, 0.3) is 10.0 Å². The smallest absolute Gasteiger partial charge is 0.264 e. The molecule has 0 aliphatic heterocycles. The lowest BCUT2D eigenvalue weighted by atomic mass is 10.0. The number of nitrogens with zero attached hydrogens (tertiary/aromatic N) is 2. The molecule has 2 amide bonds. The van der Waals surface area contributed by atoms with E-state index in [-0.39, 0.29) is 35.4 Å². The van der Waals surface area contributed by atoms with Crippen LogP contribution in [0.15, 0.2) is 95.9 Å². The Morgan fingerprint density at radius 1 is 0.816 bits per heavy atom. The lowest BCUT2D eigenvalue weighted by molar-refractivity contribution is -0.140. The monoisotopic (exact) mass is 705 g/mol. The number of hydrogen-bond donors (Lipinski definition) is 1. The molecule has 0 aliphatic carbocycles. The summed E-state index contributed by atoms with van der Waals surface area (Å²) in [6, 6.07) is 25.2. The highest BCUT2D eigenvalue weighted by molar-refractivity contribution is 7.92. The number of ether oxygens (including phenoxy) is 2. The third kappa shape index (κ3) is 9.77. The third-order valence-corrected chi connectivity index (χ3v) is 9.92. The van der Waals surface area contributed by atoms with Crippen molar-refractivity contribution in [1.29, 1.82) is 0 Å². The van der Waals surface area contributed by atoms with E-state index in [4.69, 9.17) is 21.1 Å². The molecule has 49 heavy (non-hydrogen) atoms. The van der Waals surface area contributed by atoms with Crippen LogP contribution >= 0.6 is 11.6 Å². The van der Waals surface area contributed by atoms with Crippen molar-refractivity contribution in [3.05, 3.63) is 118 Å². The first kappa shape index (κ1) is 37.3. The molecule has 4 aromatic carbocycles. The van der Waals surface area contributed by atoms with E-state index in [1.54, 1.807) is 30.3 Å². The van der Waals surface area contributed by atoms with Crippen LogP contribution in [0.5, 0.6) is 11.5 Å². The summed E-state index contributed by atoms with van der Waals surface area (Å²) >= 11 is 6.34. The van der Waals surface area contributed by atoms with E-state index in [2.05, 4.69) is 5.32 Å². The number of aryl methyl sites for hydroxylation is 2. The van der Waals surface area contributed by atoms with Crippen LogP contribution in [-0.4, -0.2) is 58.5 Å². The Bertz CT molecular complexity index is 1850. The predicted molar refractivity (Wildman–Crippen MR) is 194 cm³/mol. The van der Waals surface area contributed by atoms with Gasteiger partial charge in [-0.2, -0.15) is 0 Å². The number of hydrogen-bond acceptors (Lipinski definition) is 6. The number of nitrogens with one attached hydrogen (secondary N) is 1. The summed E-state index contributed by atoms with van der Waals surface area (Å²) in [5.41, 5.74) is 3.49. The van der Waals surface area contributed by atoms with Gasteiger partial charge in [-0.05, 0) is 78.4 Å². The topological polar surface area (TPSA) is 105 Å². The zero-order valence-corrected chi connectivity index (χ0v) is 30.3. The zero-order chi connectivity index (χ0) is 35.7. The van der Waals surface area contributed by atoms with Crippen molar-refractivity contribution in [2.24, 2.45) is 5.92 Å². The number of sulfonamides is 1. The zero-order valence-electron chi connectivity index (χ0n) is 28.8. The van der Waals surface area contributed by atoms with E-state index in [1.165, 1.54) is 37.3 Å². The van der Waals surface area contributed by atoms with Crippen molar-refractivity contribution in [2.45, 2.75) is 51.6 Å². The van der Waals surface area contributed by atoms with Crippen LogP contribution in [0, 0.1) is 19.8 Å². The van der Waals surface area contributed by atoms with Crippen molar-refractivity contribution in [1.82, 2.24) is 10.2 Å². The quantitative estimate of drug-likeness (QED) is 0.150. The molecule has 1 N–H and O–H groups in total. The minimum absolute atomic E-state index is 0.0169. The van der Waals surface area contributed by atoms with Gasteiger partial charge in [0.2, 0.25) is 11.8 Å². The minimum atomic E-state index is -4.35. The lowest BCUT2D eigenvalue weighted by Crippen LogP contribution is -2.53. The van der Waals surface area contributed by atoms with Gasteiger partial charge in [-0.1, -0.05) is 74.0 Å². The molecule has 0 saturated carbocycles. The van der Waals surface area contributed by atoms with Crippen molar-refractivity contribution in [3.8, 4) is 11.5 Å². The van der Waals surface area contributed by atoms with E-state index in [0.29, 0.717) is 28.6 Å². The fourth-order valence-corrected chi connectivity index (χ4v) is 7.16. The van der Waals surface area contributed by atoms with Gasteiger partial charge in [0.05, 0.1) is 24.8 Å². The normalized spacial score (nSPS) is 11.9. The molecule has 4 aromatic rings. The summed E-state index contributed by atoms with van der Waals surface area (Å²) in [6.45, 7) is 7.54. The number of carbonyl (C=O) groups is 2. The van der Waals surface area contributed by atoms with Gasteiger partial charge in [0, 0.05) is 30.6 Å². The van der Waals surface area contributed by atoms with Crippen LogP contribution in [0.1, 0.15) is 36.1 Å². The molecule has 0 heterocycles. The summed E-state index contributed by atoms with van der Waals surface area (Å²) in [4.78, 5) is 30.0. The van der Waals surface area contributed by atoms with Crippen molar-refractivity contribution >= 4 is 39.1 Å².